The minimum Gasteiger partial charge on any atom is -0.481 e. The molecule has 1 spiro atoms. The monoisotopic (exact) mass is 598 g/mol. The first kappa shape index (κ1) is 28.3. The second kappa shape index (κ2) is 10.2. The molecule has 0 radical (unpaired) electrons. The van der Waals surface area contributed by atoms with E-state index in [9.17, 15) is 27.3 Å². The lowest BCUT2D eigenvalue weighted by molar-refractivity contribution is -0.145. The topological polar surface area (TPSA) is 104 Å². The Morgan fingerprint density at radius 3 is 2.62 bits per heavy atom. The average Bonchev–Trinajstić information content (AvgIpc) is 3.60. The molecule has 1 aliphatic carbocycles. The number of halogens is 3. The highest BCUT2D eigenvalue weighted by Crippen LogP contribution is 2.47. The quantitative estimate of drug-likeness (QED) is 0.338. The van der Waals surface area contributed by atoms with E-state index in [2.05, 4.69) is 20.1 Å². The third kappa shape index (κ3) is 4.83. The zero-order valence-corrected chi connectivity index (χ0v) is 24.0. The van der Waals surface area contributed by atoms with Crippen LogP contribution >= 0.6 is 0 Å². The number of rotatable bonds is 6. The lowest BCUT2D eigenvalue weighted by atomic mass is 9.85. The summed E-state index contributed by atoms with van der Waals surface area (Å²) in [6.45, 7) is 4.53. The van der Waals surface area contributed by atoms with E-state index in [1.165, 1.54) is 12.3 Å². The van der Waals surface area contributed by atoms with Crippen LogP contribution in [0.4, 0.5) is 19.0 Å². The second-order valence-electron chi connectivity index (χ2n) is 11.1. The molecule has 6 rings (SSSR count). The van der Waals surface area contributed by atoms with Crippen molar-refractivity contribution in [1.29, 1.82) is 0 Å². The molecule has 1 N–H and O–H groups in total. The van der Waals surface area contributed by atoms with Crippen LogP contribution < -0.4 is 4.90 Å². The van der Waals surface area contributed by atoms with Crippen LogP contribution in [0.15, 0.2) is 53.7 Å². The number of aryl methyl sites for hydroxylation is 2. The molecule has 1 aliphatic heterocycles. The van der Waals surface area contributed by atoms with Gasteiger partial charge >= 0.3 is 12.1 Å². The molecule has 13 heteroatoms. The molecule has 1 fully saturated rings. The number of likely N-dealkylation sites (N-methyl/N-ethyl adjacent to an activating group) is 1. The van der Waals surface area contributed by atoms with Gasteiger partial charge in [0.2, 0.25) is 5.82 Å². The number of pyridine rings is 2. The van der Waals surface area contributed by atoms with Crippen molar-refractivity contribution >= 4 is 28.4 Å². The fourth-order valence-electron chi connectivity index (χ4n) is 5.90. The second-order valence-corrected chi connectivity index (χ2v) is 12.6. The maximum atomic E-state index is 13.8. The Kier molecular flexibility index (Phi) is 6.84. The van der Waals surface area contributed by atoms with Gasteiger partial charge in [0.1, 0.15) is 16.8 Å². The van der Waals surface area contributed by atoms with Gasteiger partial charge in [-0.3, -0.25) is 9.20 Å². The minimum atomic E-state index is -4.68. The van der Waals surface area contributed by atoms with Crippen molar-refractivity contribution in [2.24, 2.45) is 0 Å². The van der Waals surface area contributed by atoms with Crippen molar-refractivity contribution in [1.82, 2.24) is 23.9 Å². The third-order valence-electron chi connectivity index (χ3n) is 8.50. The van der Waals surface area contributed by atoms with Gasteiger partial charge in [0.05, 0.1) is 16.9 Å². The number of alkyl halides is 3. The van der Waals surface area contributed by atoms with Crippen LogP contribution in [-0.2, 0) is 28.5 Å². The first-order valence-corrected chi connectivity index (χ1v) is 14.6. The van der Waals surface area contributed by atoms with Crippen molar-refractivity contribution in [2.45, 2.75) is 62.2 Å². The Morgan fingerprint density at radius 1 is 1.17 bits per heavy atom. The molecule has 0 saturated heterocycles. The van der Waals surface area contributed by atoms with Gasteiger partial charge in [-0.15, -0.1) is 10.2 Å². The first-order valence-electron chi connectivity index (χ1n) is 13.5. The standard InChI is InChI=1S/C29H29F3N6O3S/c1-17-6-7-19(22(14-24(39)40)21-8-12-38-25(18(21)2)34-35-27(38)29(30,31)32)13-20(17)15-37-16-28(9-10-28)36(3)26-23(42(37)41)5-4-11-33-26/h4-8,11-13,22H,9-10,14-16H2,1-3H3,(H,39,40). The zero-order valence-electron chi connectivity index (χ0n) is 23.2. The van der Waals surface area contributed by atoms with Crippen molar-refractivity contribution in [2.75, 3.05) is 18.5 Å². The number of fused-ring (bicyclic) bond motifs is 2. The number of nitrogens with zero attached hydrogens (tertiary/aromatic N) is 6. The fourth-order valence-corrected chi connectivity index (χ4v) is 7.33. The maximum absolute atomic E-state index is 13.8. The van der Waals surface area contributed by atoms with Crippen LogP contribution in [0.1, 0.15) is 58.8 Å². The van der Waals surface area contributed by atoms with Crippen molar-refractivity contribution < 1.29 is 27.3 Å². The molecule has 3 aromatic heterocycles. The van der Waals surface area contributed by atoms with E-state index in [1.807, 2.05) is 42.5 Å². The van der Waals surface area contributed by atoms with E-state index in [0.29, 0.717) is 34.7 Å². The van der Waals surface area contributed by atoms with E-state index in [1.54, 1.807) is 19.2 Å². The number of anilines is 1. The molecule has 42 heavy (non-hydrogen) atoms. The Hall–Kier alpha value is -3.84. The van der Waals surface area contributed by atoms with Gasteiger partial charge in [0.25, 0.3) is 0 Å². The van der Waals surface area contributed by atoms with Crippen LogP contribution in [-0.4, -0.2) is 58.3 Å². The molecule has 1 aromatic carbocycles. The molecule has 9 nitrogen and oxygen atoms in total. The lowest BCUT2D eigenvalue weighted by Gasteiger charge is -2.29. The Bertz CT molecular complexity index is 1740. The van der Waals surface area contributed by atoms with Gasteiger partial charge in [0.15, 0.2) is 5.65 Å². The molecule has 1 saturated carbocycles. The van der Waals surface area contributed by atoms with E-state index in [0.717, 1.165) is 34.2 Å². The summed E-state index contributed by atoms with van der Waals surface area (Å²) in [6.07, 6.45) is -0.0835. The van der Waals surface area contributed by atoms with E-state index < -0.39 is 34.9 Å². The lowest BCUT2D eigenvalue weighted by Crippen LogP contribution is -2.42. The Morgan fingerprint density at radius 2 is 1.93 bits per heavy atom. The van der Waals surface area contributed by atoms with E-state index in [-0.39, 0.29) is 17.6 Å². The summed E-state index contributed by atoms with van der Waals surface area (Å²) in [7, 11) is 0.526. The normalized spacial score (nSPS) is 19.1. The summed E-state index contributed by atoms with van der Waals surface area (Å²) >= 11 is 0. The van der Waals surface area contributed by atoms with E-state index >= 15 is 0 Å². The Labute approximate surface area is 242 Å². The molecule has 0 amide bonds. The summed E-state index contributed by atoms with van der Waals surface area (Å²) in [5, 5.41) is 16.9. The average molecular weight is 599 g/mol. The molecule has 220 valence electrons. The van der Waals surface area contributed by atoms with Gasteiger partial charge in [-0.05, 0) is 72.7 Å². The van der Waals surface area contributed by atoms with E-state index in [4.69, 9.17) is 0 Å². The molecular formula is C29H29F3N6O3S. The maximum Gasteiger partial charge on any atom is 0.452 e. The number of aromatic nitrogens is 4. The molecule has 4 heterocycles. The Balaban J connectivity index is 1.38. The predicted octanol–water partition coefficient (Wildman–Crippen LogP) is 4.87. The van der Waals surface area contributed by atoms with Crippen molar-refractivity contribution in [3.63, 3.8) is 0 Å². The number of hydrogen-bond donors (Lipinski definition) is 1. The highest BCUT2D eigenvalue weighted by molar-refractivity contribution is 7.82. The molecule has 2 aliphatic rings. The summed E-state index contributed by atoms with van der Waals surface area (Å²) < 4.78 is 57.0. The number of carboxylic acid groups (broad SMARTS) is 1. The number of carboxylic acids is 1. The summed E-state index contributed by atoms with van der Waals surface area (Å²) in [5.41, 5.74) is 3.39. The van der Waals surface area contributed by atoms with Crippen LogP contribution in [0.25, 0.3) is 5.65 Å². The van der Waals surface area contributed by atoms with Crippen molar-refractivity contribution in [3.8, 4) is 0 Å². The highest BCUT2D eigenvalue weighted by atomic mass is 32.2. The smallest absolute Gasteiger partial charge is 0.452 e. The van der Waals surface area contributed by atoms with Gasteiger partial charge in [-0.2, -0.15) is 13.2 Å². The predicted molar refractivity (Wildman–Crippen MR) is 149 cm³/mol. The largest absolute Gasteiger partial charge is 0.481 e. The minimum absolute atomic E-state index is 0.0219. The van der Waals surface area contributed by atoms with Gasteiger partial charge in [0, 0.05) is 38.4 Å². The molecule has 2 unspecified atom stereocenters. The van der Waals surface area contributed by atoms with Crippen LogP contribution in [0.2, 0.25) is 0 Å². The van der Waals surface area contributed by atoms with Gasteiger partial charge in [-0.1, -0.05) is 18.2 Å². The fraction of sp³-hybridized carbons (Fsp3) is 0.379. The molecular weight excluding hydrogens is 569 g/mol. The van der Waals surface area contributed by atoms with Crippen molar-refractivity contribution in [3.05, 3.63) is 82.4 Å². The summed E-state index contributed by atoms with van der Waals surface area (Å²) in [6, 6.07) is 10.8. The third-order valence-corrected chi connectivity index (χ3v) is 9.92. The first-order chi connectivity index (χ1) is 19.9. The molecule has 0 bridgehead atoms. The van der Waals surface area contributed by atoms with Crippen LogP contribution in [0.3, 0.4) is 0 Å². The number of aliphatic carboxylic acids is 1. The SMILES string of the molecule is Cc1ccc(C(CC(=O)O)c2ccn3c(C(F)(F)F)nnc3c2C)cc1CN1CC2(CC2)N(C)c2ncccc2S1=O. The summed E-state index contributed by atoms with van der Waals surface area (Å²) in [4.78, 5) is 19.3. The van der Waals surface area contributed by atoms with Gasteiger partial charge < -0.3 is 10.0 Å². The van der Waals surface area contributed by atoms with Crippen LogP contribution in [0, 0.1) is 13.8 Å². The number of hydrogen-bond acceptors (Lipinski definition) is 6. The highest BCUT2D eigenvalue weighted by Gasteiger charge is 2.51. The number of carbonyl (C=O) groups is 1. The summed E-state index contributed by atoms with van der Waals surface area (Å²) in [5.74, 6) is -2.12. The van der Waals surface area contributed by atoms with Gasteiger partial charge in [-0.25, -0.2) is 13.5 Å². The van der Waals surface area contributed by atoms with Crippen LogP contribution in [0.5, 0.6) is 0 Å². The molecule has 2 atom stereocenters. The molecule has 4 aromatic rings. The number of benzene rings is 1. The zero-order chi connectivity index (χ0) is 30.0.